The van der Waals surface area contributed by atoms with E-state index in [1.165, 1.54) is 18.0 Å². The molecule has 36 heavy (non-hydrogen) atoms. The Morgan fingerprint density at radius 2 is 1.61 bits per heavy atom. The summed E-state index contributed by atoms with van der Waals surface area (Å²) in [5.41, 5.74) is 3.13. The third-order valence-corrected chi connectivity index (χ3v) is 6.81. The third kappa shape index (κ3) is 4.76. The molecule has 180 valence electrons. The van der Waals surface area contributed by atoms with Gasteiger partial charge in [-0.25, -0.2) is 0 Å². The minimum Gasteiger partial charge on any atom is -0.459 e. The van der Waals surface area contributed by atoms with Crippen molar-refractivity contribution in [1.82, 2.24) is 0 Å². The molecule has 1 aliphatic heterocycles. The van der Waals surface area contributed by atoms with Crippen molar-refractivity contribution in [2.45, 2.75) is 23.1 Å². The smallest absolute Gasteiger partial charge is 0.291 e. The van der Waals surface area contributed by atoms with E-state index in [0.29, 0.717) is 29.0 Å². The predicted octanol–water partition coefficient (Wildman–Crippen LogP) is 6.31. The lowest BCUT2D eigenvalue weighted by Crippen LogP contribution is -2.31. The molecule has 0 aliphatic carbocycles. The second-order valence-electron chi connectivity index (χ2n) is 8.20. The van der Waals surface area contributed by atoms with E-state index in [1.54, 1.807) is 47.4 Å². The molecule has 2 N–H and O–H groups in total. The van der Waals surface area contributed by atoms with Crippen molar-refractivity contribution in [3.05, 3.63) is 102 Å². The number of nitrogens with zero attached hydrogens (tertiary/aromatic N) is 1. The summed E-state index contributed by atoms with van der Waals surface area (Å²) in [6.07, 6.45) is 2.26. The van der Waals surface area contributed by atoms with Crippen LogP contribution in [-0.2, 0) is 0 Å². The summed E-state index contributed by atoms with van der Waals surface area (Å²) in [4.78, 5) is 41.8. The average Bonchev–Trinajstić information content (AvgIpc) is 3.40. The first kappa shape index (κ1) is 23.4. The fraction of sp³-hybridized carbons (Fsp3) is 0.107. The van der Waals surface area contributed by atoms with Gasteiger partial charge in [0.2, 0.25) is 0 Å². The van der Waals surface area contributed by atoms with Crippen molar-refractivity contribution >= 4 is 46.5 Å². The fourth-order valence-corrected chi connectivity index (χ4v) is 5.07. The molecule has 4 aromatic rings. The zero-order valence-corrected chi connectivity index (χ0v) is 20.3. The molecule has 0 radical (unpaired) electrons. The zero-order chi connectivity index (χ0) is 25.1. The van der Waals surface area contributed by atoms with Crippen LogP contribution < -0.4 is 15.5 Å². The highest BCUT2D eigenvalue weighted by Crippen LogP contribution is 2.42. The van der Waals surface area contributed by atoms with Crippen molar-refractivity contribution in [2.75, 3.05) is 22.1 Å². The van der Waals surface area contributed by atoms with Crippen LogP contribution in [0.5, 0.6) is 0 Å². The summed E-state index contributed by atoms with van der Waals surface area (Å²) in [6.45, 7) is 2.65. The van der Waals surface area contributed by atoms with E-state index in [0.717, 1.165) is 21.9 Å². The highest BCUT2D eigenvalue weighted by molar-refractivity contribution is 7.99. The average molecular weight is 498 g/mol. The number of hydrogen-bond acceptors (Lipinski definition) is 5. The molecule has 0 unspecified atom stereocenters. The second kappa shape index (κ2) is 10.1. The highest BCUT2D eigenvalue weighted by atomic mass is 32.2. The molecule has 2 heterocycles. The molecule has 3 aromatic carbocycles. The molecule has 7 nitrogen and oxygen atoms in total. The van der Waals surface area contributed by atoms with Crippen LogP contribution in [0.15, 0.2) is 99.3 Å². The Kier molecular flexibility index (Phi) is 6.60. The molecule has 0 saturated carbocycles. The van der Waals surface area contributed by atoms with E-state index in [2.05, 4.69) is 10.6 Å². The van der Waals surface area contributed by atoms with Crippen molar-refractivity contribution in [1.29, 1.82) is 0 Å². The predicted molar refractivity (Wildman–Crippen MR) is 140 cm³/mol. The maximum absolute atomic E-state index is 13.2. The SMILES string of the molecule is CCCN1C(=O)c2ccccc2Sc2cc(NC(=O)c3ccc(NC(=O)c4ccco4)cc3)ccc21. The summed E-state index contributed by atoms with van der Waals surface area (Å²) in [7, 11) is 0. The fourth-order valence-electron chi connectivity index (χ4n) is 3.96. The van der Waals surface area contributed by atoms with Gasteiger partial charge in [-0.1, -0.05) is 30.8 Å². The Hall–Kier alpha value is -4.30. The van der Waals surface area contributed by atoms with Gasteiger partial charge in [0, 0.05) is 33.3 Å². The second-order valence-corrected chi connectivity index (χ2v) is 9.28. The van der Waals surface area contributed by atoms with Gasteiger partial charge < -0.3 is 20.0 Å². The summed E-state index contributed by atoms with van der Waals surface area (Å²) >= 11 is 1.52. The van der Waals surface area contributed by atoms with Crippen molar-refractivity contribution in [3.63, 3.8) is 0 Å². The number of carbonyl (C=O) groups excluding carboxylic acids is 3. The van der Waals surface area contributed by atoms with Crippen LogP contribution in [0.1, 0.15) is 44.6 Å². The van der Waals surface area contributed by atoms with E-state index >= 15 is 0 Å². The molecule has 0 bridgehead atoms. The molecule has 1 aromatic heterocycles. The van der Waals surface area contributed by atoms with Gasteiger partial charge in [0.1, 0.15) is 0 Å². The van der Waals surface area contributed by atoms with Crippen LogP contribution in [0, 0.1) is 0 Å². The molecule has 0 saturated heterocycles. The number of rotatable bonds is 6. The van der Waals surface area contributed by atoms with Gasteiger partial charge in [-0.3, -0.25) is 14.4 Å². The first-order valence-corrected chi connectivity index (χ1v) is 12.3. The first-order valence-electron chi connectivity index (χ1n) is 11.5. The Morgan fingerprint density at radius 1 is 0.861 bits per heavy atom. The zero-order valence-electron chi connectivity index (χ0n) is 19.5. The summed E-state index contributed by atoms with van der Waals surface area (Å²) < 4.78 is 5.09. The summed E-state index contributed by atoms with van der Waals surface area (Å²) in [5, 5.41) is 5.66. The first-order chi connectivity index (χ1) is 17.5. The molecule has 8 heteroatoms. The Morgan fingerprint density at radius 3 is 2.36 bits per heavy atom. The molecule has 0 spiro atoms. The minimum atomic E-state index is -0.364. The molecule has 0 atom stereocenters. The van der Waals surface area contributed by atoms with Crippen LogP contribution in [0.2, 0.25) is 0 Å². The van der Waals surface area contributed by atoms with Crippen LogP contribution in [0.4, 0.5) is 17.1 Å². The molecule has 3 amide bonds. The summed E-state index contributed by atoms with van der Waals surface area (Å²) in [5.74, 6) is -0.453. The molecular weight excluding hydrogens is 474 g/mol. The maximum Gasteiger partial charge on any atom is 0.291 e. The van der Waals surface area contributed by atoms with Crippen molar-refractivity contribution in [3.8, 4) is 0 Å². The highest BCUT2D eigenvalue weighted by Gasteiger charge is 2.27. The number of furan rings is 1. The van der Waals surface area contributed by atoms with Crippen LogP contribution in [-0.4, -0.2) is 24.3 Å². The normalized spacial score (nSPS) is 12.4. The lowest BCUT2D eigenvalue weighted by Gasteiger charge is -2.22. The Balaban J connectivity index is 1.34. The maximum atomic E-state index is 13.2. The monoisotopic (exact) mass is 497 g/mol. The van der Waals surface area contributed by atoms with E-state index in [-0.39, 0.29) is 23.5 Å². The molecule has 0 fully saturated rings. The number of carbonyl (C=O) groups is 3. The lowest BCUT2D eigenvalue weighted by molar-refractivity contribution is 0.0980. The van der Waals surface area contributed by atoms with Gasteiger partial charge in [0.25, 0.3) is 17.7 Å². The van der Waals surface area contributed by atoms with E-state index < -0.39 is 0 Å². The van der Waals surface area contributed by atoms with Gasteiger partial charge >= 0.3 is 0 Å². The topological polar surface area (TPSA) is 91.7 Å². The van der Waals surface area contributed by atoms with E-state index in [9.17, 15) is 14.4 Å². The van der Waals surface area contributed by atoms with E-state index in [4.69, 9.17) is 4.42 Å². The Bertz CT molecular complexity index is 1430. The Labute approximate surface area is 212 Å². The molecule has 1 aliphatic rings. The van der Waals surface area contributed by atoms with Crippen molar-refractivity contribution in [2.24, 2.45) is 0 Å². The molecule has 5 rings (SSSR count). The van der Waals surface area contributed by atoms with Gasteiger partial charge in [0.05, 0.1) is 17.5 Å². The standard InChI is InChI=1S/C28H23N3O4S/c1-2-15-31-22-14-13-20(17-25(22)36-24-8-4-3-6-21(24)28(31)34)30-26(32)18-9-11-19(12-10-18)29-27(33)23-7-5-16-35-23/h3-14,16-17H,2,15H2,1H3,(H,29,33)(H,30,32). The summed E-state index contributed by atoms with van der Waals surface area (Å²) in [6, 6.07) is 23.0. The number of anilines is 3. The van der Waals surface area contributed by atoms with Gasteiger partial charge in [-0.2, -0.15) is 0 Å². The van der Waals surface area contributed by atoms with Crippen LogP contribution >= 0.6 is 11.8 Å². The van der Waals surface area contributed by atoms with Crippen molar-refractivity contribution < 1.29 is 18.8 Å². The third-order valence-electron chi connectivity index (χ3n) is 5.69. The minimum absolute atomic E-state index is 0.0188. The number of benzene rings is 3. The lowest BCUT2D eigenvalue weighted by atomic mass is 10.1. The van der Waals surface area contributed by atoms with Crippen LogP contribution in [0.25, 0.3) is 0 Å². The number of nitrogens with one attached hydrogen (secondary N) is 2. The van der Waals surface area contributed by atoms with Gasteiger partial charge in [0.15, 0.2) is 5.76 Å². The van der Waals surface area contributed by atoms with Gasteiger partial charge in [-0.15, -0.1) is 0 Å². The molecular formula is C28H23N3O4S. The van der Waals surface area contributed by atoms with Crippen LogP contribution in [0.3, 0.4) is 0 Å². The van der Waals surface area contributed by atoms with Gasteiger partial charge in [-0.05, 0) is 73.2 Å². The number of amides is 3. The quantitative estimate of drug-likeness (QED) is 0.326. The number of hydrogen-bond donors (Lipinski definition) is 2. The number of fused-ring (bicyclic) bond motifs is 2. The largest absolute Gasteiger partial charge is 0.459 e. The van der Waals surface area contributed by atoms with E-state index in [1.807, 2.05) is 43.3 Å².